The molecule has 0 radical (unpaired) electrons. The van der Waals surface area contributed by atoms with Crippen molar-refractivity contribution in [3.05, 3.63) is 0 Å². The van der Waals surface area contributed by atoms with Crippen molar-refractivity contribution < 1.29 is 4.74 Å². The predicted octanol–water partition coefficient (Wildman–Crippen LogP) is 1.38. The standard InChI is InChI=1S/C8H16ClNO/c1-7(9)2-4-10-8-3-5-11-6-8/h7-8,10H,2-6H2,1H3. The van der Waals surface area contributed by atoms with E-state index in [-0.39, 0.29) is 5.38 Å². The zero-order valence-electron chi connectivity index (χ0n) is 6.98. The molecule has 11 heavy (non-hydrogen) atoms. The Morgan fingerprint density at radius 3 is 3.09 bits per heavy atom. The minimum Gasteiger partial charge on any atom is -0.380 e. The molecule has 1 heterocycles. The Hall–Kier alpha value is 0.210. The highest BCUT2D eigenvalue weighted by Crippen LogP contribution is 2.04. The summed E-state index contributed by atoms with van der Waals surface area (Å²) in [6.07, 6.45) is 2.19. The molecule has 0 bridgehead atoms. The van der Waals surface area contributed by atoms with Crippen molar-refractivity contribution >= 4 is 11.6 Å². The predicted molar refractivity (Wildman–Crippen MR) is 47.2 cm³/mol. The van der Waals surface area contributed by atoms with Gasteiger partial charge in [0.15, 0.2) is 0 Å². The molecule has 3 heteroatoms. The van der Waals surface area contributed by atoms with Gasteiger partial charge in [0.2, 0.25) is 0 Å². The van der Waals surface area contributed by atoms with Crippen LogP contribution in [0.1, 0.15) is 19.8 Å². The van der Waals surface area contributed by atoms with Crippen LogP contribution in [0, 0.1) is 0 Å². The molecule has 0 aromatic heterocycles. The zero-order valence-corrected chi connectivity index (χ0v) is 7.73. The Morgan fingerprint density at radius 2 is 2.55 bits per heavy atom. The number of nitrogens with one attached hydrogen (secondary N) is 1. The van der Waals surface area contributed by atoms with Gasteiger partial charge in [-0.1, -0.05) is 0 Å². The Kier molecular flexibility index (Phi) is 4.20. The van der Waals surface area contributed by atoms with Gasteiger partial charge in [0.1, 0.15) is 0 Å². The molecule has 1 rings (SSSR count). The molecular formula is C8H16ClNO. The number of hydrogen-bond acceptors (Lipinski definition) is 2. The van der Waals surface area contributed by atoms with E-state index >= 15 is 0 Å². The third-order valence-electron chi connectivity index (χ3n) is 1.90. The number of hydrogen-bond donors (Lipinski definition) is 1. The Balaban J connectivity index is 1.94. The van der Waals surface area contributed by atoms with Gasteiger partial charge in [-0.05, 0) is 26.3 Å². The van der Waals surface area contributed by atoms with E-state index in [0.717, 1.165) is 32.6 Å². The van der Waals surface area contributed by atoms with Gasteiger partial charge in [0, 0.05) is 18.0 Å². The summed E-state index contributed by atoms with van der Waals surface area (Å²) < 4.78 is 5.22. The smallest absolute Gasteiger partial charge is 0.0620 e. The van der Waals surface area contributed by atoms with Crippen LogP contribution in [0.25, 0.3) is 0 Å². The van der Waals surface area contributed by atoms with E-state index in [1.165, 1.54) is 0 Å². The molecule has 1 aliphatic rings. The van der Waals surface area contributed by atoms with Crippen molar-refractivity contribution in [3.63, 3.8) is 0 Å². The summed E-state index contributed by atoms with van der Waals surface area (Å²) in [4.78, 5) is 0. The van der Waals surface area contributed by atoms with Crippen molar-refractivity contribution in [2.75, 3.05) is 19.8 Å². The van der Waals surface area contributed by atoms with Crippen molar-refractivity contribution in [2.45, 2.75) is 31.2 Å². The van der Waals surface area contributed by atoms with Crippen LogP contribution in [-0.2, 0) is 4.74 Å². The fraction of sp³-hybridized carbons (Fsp3) is 1.00. The highest BCUT2D eigenvalue weighted by molar-refractivity contribution is 6.20. The van der Waals surface area contributed by atoms with Gasteiger partial charge in [0.25, 0.3) is 0 Å². The lowest BCUT2D eigenvalue weighted by Gasteiger charge is -2.10. The quantitative estimate of drug-likeness (QED) is 0.656. The van der Waals surface area contributed by atoms with E-state index in [1.54, 1.807) is 0 Å². The van der Waals surface area contributed by atoms with Crippen molar-refractivity contribution in [1.82, 2.24) is 5.32 Å². The second-order valence-corrected chi connectivity index (χ2v) is 3.83. The molecule has 0 spiro atoms. The van der Waals surface area contributed by atoms with Gasteiger partial charge < -0.3 is 10.1 Å². The first kappa shape index (κ1) is 9.30. The Labute approximate surface area is 73.3 Å². The topological polar surface area (TPSA) is 21.3 Å². The van der Waals surface area contributed by atoms with E-state index in [4.69, 9.17) is 16.3 Å². The maximum absolute atomic E-state index is 5.79. The van der Waals surface area contributed by atoms with Crippen LogP contribution in [-0.4, -0.2) is 31.2 Å². The van der Waals surface area contributed by atoms with Crippen LogP contribution in [0.4, 0.5) is 0 Å². The number of halogens is 1. The normalized spacial score (nSPS) is 27.3. The van der Waals surface area contributed by atoms with Crippen LogP contribution >= 0.6 is 11.6 Å². The minimum atomic E-state index is 0.282. The molecule has 66 valence electrons. The van der Waals surface area contributed by atoms with Crippen molar-refractivity contribution in [3.8, 4) is 0 Å². The highest BCUT2D eigenvalue weighted by Gasteiger charge is 2.13. The summed E-state index contributed by atoms with van der Waals surface area (Å²) in [6.45, 7) is 4.82. The maximum Gasteiger partial charge on any atom is 0.0620 e. The molecule has 0 amide bonds. The van der Waals surface area contributed by atoms with E-state index in [9.17, 15) is 0 Å². The molecule has 1 N–H and O–H groups in total. The summed E-state index contributed by atoms with van der Waals surface area (Å²) in [5.74, 6) is 0. The van der Waals surface area contributed by atoms with Crippen molar-refractivity contribution in [1.29, 1.82) is 0 Å². The van der Waals surface area contributed by atoms with E-state index in [2.05, 4.69) is 5.32 Å². The second kappa shape index (κ2) is 4.96. The van der Waals surface area contributed by atoms with E-state index < -0.39 is 0 Å². The lowest BCUT2D eigenvalue weighted by atomic mass is 10.2. The third kappa shape index (κ3) is 3.94. The van der Waals surface area contributed by atoms with Gasteiger partial charge in [-0.15, -0.1) is 11.6 Å². The number of alkyl halides is 1. The van der Waals surface area contributed by atoms with E-state index in [0.29, 0.717) is 6.04 Å². The van der Waals surface area contributed by atoms with Crippen LogP contribution in [0.2, 0.25) is 0 Å². The first-order chi connectivity index (χ1) is 5.29. The summed E-state index contributed by atoms with van der Waals surface area (Å²) in [6, 6.07) is 0.574. The Morgan fingerprint density at radius 1 is 1.73 bits per heavy atom. The molecule has 0 aliphatic carbocycles. The van der Waals surface area contributed by atoms with Gasteiger partial charge in [-0.2, -0.15) is 0 Å². The van der Waals surface area contributed by atoms with E-state index in [1.807, 2.05) is 6.92 Å². The average Bonchev–Trinajstić information content (AvgIpc) is 2.39. The SMILES string of the molecule is CC(Cl)CCNC1CCOC1. The molecular weight excluding hydrogens is 162 g/mol. The van der Waals surface area contributed by atoms with Crippen LogP contribution in [0.3, 0.4) is 0 Å². The lowest BCUT2D eigenvalue weighted by Crippen LogP contribution is -2.30. The van der Waals surface area contributed by atoms with Gasteiger partial charge >= 0.3 is 0 Å². The molecule has 2 nitrogen and oxygen atoms in total. The van der Waals surface area contributed by atoms with Gasteiger partial charge in [0.05, 0.1) is 6.61 Å². The van der Waals surface area contributed by atoms with Crippen molar-refractivity contribution in [2.24, 2.45) is 0 Å². The monoisotopic (exact) mass is 177 g/mol. The fourth-order valence-electron chi connectivity index (χ4n) is 1.18. The second-order valence-electron chi connectivity index (χ2n) is 3.08. The summed E-state index contributed by atoms with van der Waals surface area (Å²) in [7, 11) is 0. The lowest BCUT2D eigenvalue weighted by molar-refractivity contribution is 0.190. The van der Waals surface area contributed by atoms with Gasteiger partial charge in [-0.3, -0.25) is 0 Å². The molecule has 1 saturated heterocycles. The fourth-order valence-corrected chi connectivity index (χ4v) is 1.29. The summed E-state index contributed by atoms with van der Waals surface area (Å²) in [5, 5.41) is 3.69. The summed E-state index contributed by atoms with van der Waals surface area (Å²) in [5.41, 5.74) is 0. The van der Waals surface area contributed by atoms with Crippen LogP contribution < -0.4 is 5.32 Å². The minimum absolute atomic E-state index is 0.282. The van der Waals surface area contributed by atoms with Gasteiger partial charge in [-0.25, -0.2) is 0 Å². The first-order valence-corrected chi connectivity index (χ1v) is 4.68. The first-order valence-electron chi connectivity index (χ1n) is 4.24. The molecule has 0 aromatic carbocycles. The largest absolute Gasteiger partial charge is 0.380 e. The zero-order chi connectivity index (χ0) is 8.10. The third-order valence-corrected chi connectivity index (χ3v) is 2.12. The molecule has 1 fully saturated rings. The summed E-state index contributed by atoms with van der Waals surface area (Å²) >= 11 is 5.79. The molecule has 2 unspecified atom stereocenters. The number of rotatable bonds is 4. The number of ether oxygens (including phenoxy) is 1. The highest BCUT2D eigenvalue weighted by atomic mass is 35.5. The Bertz CT molecular complexity index is 102. The van der Waals surface area contributed by atoms with Crippen LogP contribution in [0.5, 0.6) is 0 Å². The molecule has 1 aliphatic heterocycles. The average molecular weight is 178 g/mol. The van der Waals surface area contributed by atoms with Crippen LogP contribution in [0.15, 0.2) is 0 Å². The molecule has 0 saturated carbocycles. The maximum atomic E-state index is 5.79. The molecule has 2 atom stereocenters. The molecule has 0 aromatic rings.